The van der Waals surface area contributed by atoms with E-state index >= 15 is 0 Å². The van der Waals surface area contributed by atoms with Gasteiger partial charge in [0.15, 0.2) is 0 Å². The molecule has 0 radical (unpaired) electrons. The standard InChI is InChI=1S/C15H26N2O2/c1-13(12-18-4)17(3)8-9-19-15-7-5-6-14(10-15)11-16-2/h5-7,10,13,16H,8-9,11-12H2,1-4H3. The number of hydrogen-bond donors (Lipinski definition) is 1. The summed E-state index contributed by atoms with van der Waals surface area (Å²) >= 11 is 0. The topological polar surface area (TPSA) is 33.7 Å². The molecule has 1 aromatic carbocycles. The van der Waals surface area contributed by atoms with Crippen molar-refractivity contribution in [1.82, 2.24) is 10.2 Å². The number of nitrogens with one attached hydrogen (secondary N) is 1. The predicted molar refractivity (Wildman–Crippen MR) is 78.7 cm³/mol. The van der Waals surface area contributed by atoms with Gasteiger partial charge in [-0.1, -0.05) is 12.1 Å². The monoisotopic (exact) mass is 266 g/mol. The lowest BCUT2D eigenvalue weighted by atomic mass is 10.2. The Morgan fingerprint density at radius 2 is 2.16 bits per heavy atom. The van der Waals surface area contributed by atoms with Crippen molar-refractivity contribution in [3.05, 3.63) is 29.8 Å². The molecular formula is C15H26N2O2. The number of rotatable bonds is 9. The molecule has 1 rings (SSSR count). The average molecular weight is 266 g/mol. The molecule has 0 amide bonds. The minimum absolute atomic E-state index is 0.407. The maximum absolute atomic E-state index is 5.78. The number of benzene rings is 1. The van der Waals surface area contributed by atoms with Crippen LogP contribution in [-0.4, -0.2) is 51.9 Å². The van der Waals surface area contributed by atoms with Gasteiger partial charge in [-0.25, -0.2) is 0 Å². The van der Waals surface area contributed by atoms with E-state index in [1.165, 1.54) is 5.56 Å². The predicted octanol–water partition coefficient (Wildman–Crippen LogP) is 1.75. The molecule has 19 heavy (non-hydrogen) atoms. The van der Waals surface area contributed by atoms with Crippen LogP contribution in [0.1, 0.15) is 12.5 Å². The molecule has 0 aliphatic rings. The SMILES string of the molecule is CNCc1cccc(OCCN(C)C(C)COC)c1. The zero-order valence-corrected chi connectivity index (χ0v) is 12.5. The summed E-state index contributed by atoms with van der Waals surface area (Å²) in [5, 5.41) is 3.14. The van der Waals surface area contributed by atoms with Crippen LogP contribution in [0.3, 0.4) is 0 Å². The Labute approximate surface area is 116 Å². The average Bonchev–Trinajstić information content (AvgIpc) is 2.40. The fourth-order valence-electron chi connectivity index (χ4n) is 1.85. The Kier molecular flexibility index (Phi) is 7.48. The second-order valence-corrected chi connectivity index (χ2v) is 4.81. The van der Waals surface area contributed by atoms with Crippen LogP contribution < -0.4 is 10.1 Å². The van der Waals surface area contributed by atoms with Crippen LogP contribution in [-0.2, 0) is 11.3 Å². The van der Waals surface area contributed by atoms with Gasteiger partial charge in [0.1, 0.15) is 12.4 Å². The van der Waals surface area contributed by atoms with E-state index in [4.69, 9.17) is 9.47 Å². The van der Waals surface area contributed by atoms with Crippen molar-refractivity contribution in [2.24, 2.45) is 0 Å². The summed E-state index contributed by atoms with van der Waals surface area (Å²) in [4.78, 5) is 2.24. The van der Waals surface area contributed by atoms with Crippen LogP contribution in [0.5, 0.6) is 5.75 Å². The van der Waals surface area contributed by atoms with Gasteiger partial charge in [-0.3, -0.25) is 4.90 Å². The molecule has 0 saturated carbocycles. The van der Waals surface area contributed by atoms with Crippen molar-refractivity contribution in [2.75, 3.05) is 41.0 Å². The maximum atomic E-state index is 5.78. The third-order valence-electron chi connectivity index (χ3n) is 3.15. The summed E-state index contributed by atoms with van der Waals surface area (Å²) in [6.07, 6.45) is 0. The molecular weight excluding hydrogens is 240 g/mol. The van der Waals surface area contributed by atoms with E-state index in [1.807, 2.05) is 19.2 Å². The van der Waals surface area contributed by atoms with E-state index in [-0.39, 0.29) is 0 Å². The summed E-state index contributed by atoms with van der Waals surface area (Å²) < 4.78 is 10.9. The number of nitrogens with zero attached hydrogens (tertiary/aromatic N) is 1. The van der Waals surface area contributed by atoms with Crippen LogP contribution in [0.15, 0.2) is 24.3 Å². The molecule has 0 saturated heterocycles. The Hall–Kier alpha value is -1.10. The summed E-state index contributed by atoms with van der Waals surface area (Å²) in [6.45, 7) is 5.33. The van der Waals surface area contributed by atoms with Crippen molar-refractivity contribution < 1.29 is 9.47 Å². The van der Waals surface area contributed by atoms with Crippen LogP contribution in [0, 0.1) is 0 Å². The van der Waals surface area contributed by atoms with Gasteiger partial charge in [-0.2, -0.15) is 0 Å². The number of likely N-dealkylation sites (N-methyl/N-ethyl adjacent to an activating group) is 1. The van der Waals surface area contributed by atoms with Crippen LogP contribution >= 0.6 is 0 Å². The molecule has 0 bridgehead atoms. The van der Waals surface area contributed by atoms with E-state index < -0.39 is 0 Å². The second-order valence-electron chi connectivity index (χ2n) is 4.81. The molecule has 0 aromatic heterocycles. The molecule has 1 N–H and O–H groups in total. The number of ether oxygens (including phenoxy) is 2. The van der Waals surface area contributed by atoms with Crippen molar-refractivity contribution >= 4 is 0 Å². The van der Waals surface area contributed by atoms with Crippen LogP contribution in [0.2, 0.25) is 0 Å². The molecule has 1 aromatic rings. The van der Waals surface area contributed by atoms with Gasteiger partial charge in [0.05, 0.1) is 6.61 Å². The van der Waals surface area contributed by atoms with E-state index in [1.54, 1.807) is 7.11 Å². The highest BCUT2D eigenvalue weighted by Gasteiger charge is 2.08. The second kappa shape index (κ2) is 8.91. The molecule has 0 aliphatic heterocycles. The number of hydrogen-bond acceptors (Lipinski definition) is 4. The summed E-state index contributed by atoms with van der Waals surface area (Å²) in [6, 6.07) is 8.60. The Bertz CT molecular complexity index is 358. The normalized spacial score (nSPS) is 12.7. The van der Waals surface area contributed by atoms with Gasteiger partial charge in [0.25, 0.3) is 0 Å². The molecule has 4 heteroatoms. The highest BCUT2D eigenvalue weighted by atomic mass is 16.5. The Balaban J connectivity index is 2.34. The molecule has 0 heterocycles. The number of methoxy groups -OCH3 is 1. The quantitative estimate of drug-likeness (QED) is 0.738. The lowest BCUT2D eigenvalue weighted by Crippen LogP contribution is -2.35. The van der Waals surface area contributed by atoms with Gasteiger partial charge in [0.2, 0.25) is 0 Å². The van der Waals surface area contributed by atoms with Gasteiger partial charge in [-0.15, -0.1) is 0 Å². The smallest absolute Gasteiger partial charge is 0.119 e. The van der Waals surface area contributed by atoms with E-state index in [0.717, 1.165) is 25.4 Å². The van der Waals surface area contributed by atoms with Crippen molar-refractivity contribution in [1.29, 1.82) is 0 Å². The lowest BCUT2D eigenvalue weighted by Gasteiger charge is -2.23. The Morgan fingerprint density at radius 1 is 1.37 bits per heavy atom. The van der Waals surface area contributed by atoms with Crippen molar-refractivity contribution in [3.8, 4) is 5.75 Å². The zero-order chi connectivity index (χ0) is 14.1. The molecule has 108 valence electrons. The minimum atomic E-state index is 0.407. The minimum Gasteiger partial charge on any atom is -0.492 e. The first-order chi connectivity index (χ1) is 9.17. The first kappa shape index (κ1) is 16.0. The van der Waals surface area contributed by atoms with Gasteiger partial charge >= 0.3 is 0 Å². The van der Waals surface area contributed by atoms with Crippen LogP contribution in [0.25, 0.3) is 0 Å². The lowest BCUT2D eigenvalue weighted by molar-refractivity contribution is 0.105. The van der Waals surface area contributed by atoms with E-state index in [0.29, 0.717) is 12.6 Å². The van der Waals surface area contributed by atoms with Crippen molar-refractivity contribution in [3.63, 3.8) is 0 Å². The molecule has 1 unspecified atom stereocenters. The van der Waals surface area contributed by atoms with E-state index in [9.17, 15) is 0 Å². The Morgan fingerprint density at radius 3 is 2.84 bits per heavy atom. The third kappa shape index (κ3) is 6.05. The molecule has 0 spiro atoms. The first-order valence-electron chi connectivity index (χ1n) is 6.73. The first-order valence-corrected chi connectivity index (χ1v) is 6.73. The maximum Gasteiger partial charge on any atom is 0.119 e. The summed E-state index contributed by atoms with van der Waals surface area (Å²) in [5.74, 6) is 0.931. The van der Waals surface area contributed by atoms with Crippen LogP contribution in [0.4, 0.5) is 0 Å². The van der Waals surface area contributed by atoms with Crippen molar-refractivity contribution in [2.45, 2.75) is 19.5 Å². The fraction of sp³-hybridized carbons (Fsp3) is 0.600. The molecule has 0 fully saturated rings. The van der Waals surface area contributed by atoms with E-state index in [2.05, 4.69) is 36.3 Å². The summed E-state index contributed by atoms with van der Waals surface area (Å²) in [5.41, 5.74) is 1.24. The third-order valence-corrected chi connectivity index (χ3v) is 3.15. The highest BCUT2D eigenvalue weighted by molar-refractivity contribution is 5.28. The fourth-order valence-corrected chi connectivity index (χ4v) is 1.85. The highest BCUT2D eigenvalue weighted by Crippen LogP contribution is 2.13. The van der Waals surface area contributed by atoms with Gasteiger partial charge in [0, 0.05) is 26.2 Å². The largest absolute Gasteiger partial charge is 0.492 e. The van der Waals surface area contributed by atoms with Gasteiger partial charge in [-0.05, 0) is 38.7 Å². The van der Waals surface area contributed by atoms with Gasteiger partial charge < -0.3 is 14.8 Å². The zero-order valence-electron chi connectivity index (χ0n) is 12.5. The molecule has 1 atom stereocenters. The summed E-state index contributed by atoms with van der Waals surface area (Å²) in [7, 11) is 5.76. The molecule has 0 aliphatic carbocycles. The molecule has 4 nitrogen and oxygen atoms in total.